The molecule has 0 bridgehead atoms. The van der Waals surface area contributed by atoms with Crippen molar-refractivity contribution in [2.24, 2.45) is 0 Å². The van der Waals surface area contributed by atoms with Crippen LogP contribution in [0.1, 0.15) is 16.7 Å². The first-order valence-corrected chi connectivity index (χ1v) is 9.34. The minimum Gasteiger partial charge on any atom is -0.546 e. The predicted molar refractivity (Wildman–Crippen MR) is 112 cm³/mol. The average Bonchev–Trinajstić information content (AvgIpc) is 2.77. The van der Waals surface area contributed by atoms with E-state index in [-0.39, 0.29) is 59.1 Å². The number of hydrogen-bond acceptors (Lipinski definition) is 7. The number of carbonyl (C=O) groups is 2. The Morgan fingerprint density at radius 1 is 0.697 bits per heavy atom. The molecule has 0 atom stereocenters. The quantitative estimate of drug-likeness (QED) is 0.192. The molecule has 0 saturated heterocycles. The van der Waals surface area contributed by atoms with Gasteiger partial charge in [-0.2, -0.15) is 0 Å². The Labute approximate surface area is 235 Å². The summed E-state index contributed by atoms with van der Waals surface area (Å²) in [7, 11) is 0. The number of carbonyl (C=O) groups excluding carboxylic acids is 2. The van der Waals surface area contributed by atoms with Crippen LogP contribution in [0.25, 0.3) is 11.6 Å². The molecule has 0 aliphatic carbocycles. The Bertz CT molecular complexity index is 1020. The third-order valence-corrected chi connectivity index (χ3v) is 4.29. The van der Waals surface area contributed by atoms with Crippen molar-refractivity contribution in [1.82, 2.24) is 0 Å². The maximum Gasteiger partial charge on any atom is 1.00 e. The normalized spacial score (nSPS) is 9.58. The monoisotopic (exact) mass is 463 g/mol. The molecule has 0 unspecified atom stereocenters. The van der Waals surface area contributed by atoms with E-state index in [2.05, 4.69) is 0 Å². The molecule has 7 nitrogen and oxygen atoms in total. The largest absolute Gasteiger partial charge is 1.00 e. The van der Waals surface area contributed by atoms with Crippen LogP contribution in [0.4, 0.5) is 5.69 Å². The smallest absolute Gasteiger partial charge is 0.546 e. The molecular weight excluding hydrogens is 444 g/mol. The number of nitrogens with two attached hydrogens (primary N) is 1. The zero-order chi connectivity index (χ0) is 22.2. The Kier molecular flexibility index (Phi) is 12.3. The Morgan fingerprint density at radius 3 is 1.45 bits per heavy atom. The van der Waals surface area contributed by atoms with Crippen molar-refractivity contribution >= 4 is 29.3 Å². The van der Waals surface area contributed by atoms with Crippen LogP contribution in [0, 0.1) is 0 Å². The van der Waals surface area contributed by atoms with Gasteiger partial charge in [-0.05, 0) is 64.7 Å². The van der Waals surface area contributed by atoms with Gasteiger partial charge in [0, 0.05) is 5.69 Å². The van der Waals surface area contributed by atoms with Gasteiger partial charge in [0.25, 0.3) is 0 Å². The molecule has 0 saturated carbocycles. The van der Waals surface area contributed by atoms with Crippen LogP contribution in [0.15, 0.2) is 72.8 Å². The first kappa shape index (κ1) is 28.8. The van der Waals surface area contributed by atoms with Crippen LogP contribution in [0.5, 0.6) is 11.5 Å². The van der Waals surface area contributed by atoms with Gasteiger partial charge in [-0.15, -0.1) is 0 Å². The topological polar surface area (TPSA) is 125 Å². The number of ether oxygens (including phenoxy) is 2. The van der Waals surface area contributed by atoms with Gasteiger partial charge in [0.2, 0.25) is 0 Å². The summed E-state index contributed by atoms with van der Waals surface area (Å²) >= 11 is 0. The number of carboxylic acid groups (broad SMARTS) is 2. The summed E-state index contributed by atoms with van der Waals surface area (Å²) in [5, 5.41) is 21.1. The molecule has 0 spiro atoms. The van der Waals surface area contributed by atoms with E-state index in [1.807, 2.05) is 42.5 Å². The van der Waals surface area contributed by atoms with Crippen molar-refractivity contribution in [3.63, 3.8) is 0 Å². The van der Waals surface area contributed by atoms with Crippen molar-refractivity contribution < 1.29 is 88.4 Å². The van der Waals surface area contributed by atoms with Gasteiger partial charge in [0.1, 0.15) is 24.7 Å². The maximum atomic E-state index is 10.6. The van der Waals surface area contributed by atoms with Gasteiger partial charge >= 0.3 is 59.1 Å². The summed E-state index contributed by atoms with van der Waals surface area (Å²) in [6.45, 7) is -1.05. The van der Waals surface area contributed by atoms with Crippen molar-refractivity contribution in [3.8, 4) is 11.5 Å². The first-order valence-electron chi connectivity index (χ1n) is 9.34. The fourth-order valence-electron chi connectivity index (χ4n) is 2.84. The molecule has 3 aromatic rings. The summed E-state index contributed by atoms with van der Waals surface area (Å²) in [5.41, 5.74) is 9.96. The van der Waals surface area contributed by atoms with E-state index in [9.17, 15) is 19.8 Å². The SMILES string of the molecule is Nc1ccc(C=C(c2ccc(OCC(=O)[O-])cc2)c2ccc(OCC(=O)[O-])cc2)cc1.[Na+].[Na+]. The number of anilines is 1. The second-order valence-corrected chi connectivity index (χ2v) is 6.59. The molecule has 0 radical (unpaired) electrons. The zero-order valence-corrected chi connectivity index (χ0v) is 22.4. The number of rotatable bonds is 9. The molecule has 0 aromatic heterocycles. The second-order valence-electron chi connectivity index (χ2n) is 6.59. The van der Waals surface area contributed by atoms with Crippen LogP contribution >= 0.6 is 0 Å². The number of carboxylic acids is 2. The van der Waals surface area contributed by atoms with Crippen LogP contribution < -0.4 is 84.5 Å². The van der Waals surface area contributed by atoms with Crippen molar-refractivity contribution in [1.29, 1.82) is 0 Å². The summed E-state index contributed by atoms with van der Waals surface area (Å²) in [5.74, 6) is -1.78. The summed E-state index contributed by atoms with van der Waals surface area (Å²) in [6, 6.07) is 21.3. The average molecular weight is 463 g/mol. The van der Waals surface area contributed by atoms with Gasteiger partial charge in [0.15, 0.2) is 0 Å². The Balaban J connectivity index is 0.00000272. The van der Waals surface area contributed by atoms with E-state index >= 15 is 0 Å². The predicted octanol–water partition coefficient (Wildman–Crippen LogP) is -4.88. The molecule has 0 aliphatic rings. The van der Waals surface area contributed by atoms with Gasteiger partial charge in [-0.3, -0.25) is 0 Å². The molecule has 9 heteroatoms. The third-order valence-electron chi connectivity index (χ3n) is 4.29. The fourth-order valence-corrected chi connectivity index (χ4v) is 2.84. The summed E-state index contributed by atoms with van der Waals surface area (Å²) < 4.78 is 10.3. The molecule has 158 valence electrons. The van der Waals surface area contributed by atoms with E-state index in [1.165, 1.54) is 0 Å². The van der Waals surface area contributed by atoms with Gasteiger partial charge in [-0.25, -0.2) is 0 Å². The first-order chi connectivity index (χ1) is 14.9. The molecule has 2 N–H and O–H groups in total. The van der Waals surface area contributed by atoms with Gasteiger partial charge in [0.05, 0.1) is 11.9 Å². The zero-order valence-electron chi connectivity index (χ0n) is 18.4. The molecule has 0 aliphatic heterocycles. The summed E-state index contributed by atoms with van der Waals surface area (Å²) in [6.07, 6.45) is 1.98. The Morgan fingerprint density at radius 2 is 1.09 bits per heavy atom. The number of nitrogen functional groups attached to an aromatic ring is 1. The van der Waals surface area contributed by atoms with Crippen LogP contribution in [0.3, 0.4) is 0 Å². The third kappa shape index (κ3) is 9.25. The fraction of sp³-hybridized carbons (Fsp3) is 0.0833. The summed E-state index contributed by atoms with van der Waals surface area (Å²) in [4.78, 5) is 21.1. The molecular formula is C24H19NNa2O6. The van der Waals surface area contributed by atoms with Crippen molar-refractivity contribution in [2.75, 3.05) is 18.9 Å². The van der Waals surface area contributed by atoms with Gasteiger partial charge < -0.3 is 35.0 Å². The minimum absolute atomic E-state index is 0. The maximum absolute atomic E-state index is 10.6. The van der Waals surface area contributed by atoms with Crippen molar-refractivity contribution in [3.05, 3.63) is 89.5 Å². The molecule has 3 aromatic carbocycles. The molecule has 0 fully saturated rings. The number of benzene rings is 3. The van der Waals surface area contributed by atoms with Crippen LogP contribution in [-0.4, -0.2) is 25.2 Å². The van der Waals surface area contributed by atoms with E-state index in [0.717, 1.165) is 22.3 Å². The standard InChI is InChI=1S/C24H21NO6.2Na/c25-19-7-1-16(2-8-19)13-22(17-3-9-20(10-4-17)30-14-23(26)27)18-5-11-21(12-6-18)31-15-24(28)29;;/h1-13H,14-15,25H2,(H,26,27)(H,28,29);;/q;2*+1/p-2. The van der Waals surface area contributed by atoms with Gasteiger partial charge in [-0.1, -0.05) is 36.4 Å². The molecule has 3 rings (SSSR count). The van der Waals surface area contributed by atoms with E-state index < -0.39 is 25.2 Å². The van der Waals surface area contributed by atoms with E-state index in [1.54, 1.807) is 36.4 Å². The minimum atomic E-state index is -1.30. The molecule has 33 heavy (non-hydrogen) atoms. The second kappa shape index (κ2) is 14.1. The molecule has 0 heterocycles. The van der Waals surface area contributed by atoms with Crippen LogP contribution in [-0.2, 0) is 9.59 Å². The Hall–Kier alpha value is -2.26. The van der Waals surface area contributed by atoms with Crippen LogP contribution in [0.2, 0.25) is 0 Å². The number of hydrogen-bond donors (Lipinski definition) is 1. The van der Waals surface area contributed by atoms with E-state index in [0.29, 0.717) is 17.2 Å². The number of aliphatic carboxylic acids is 2. The van der Waals surface area contributed by atoms with Crippen molar-refractivity contribution in [2.45, 2.75) is 0 Å². The van der Waals surface area contributed by atoms with E-state index in [4.69, 9.17) is 15.2 Å². The molecule has 0 amide bonds.